The molecule has 0 aliphatic rings. The third kappa shape index (κ3) is 6.45. The number of carbonyl (C=O) groups excluding carboxylic acids is 1. The van der Waals surface area contributed by atoms with E-state index in [0.717, 1.165) is 55.7 Å². The summed E-state index contributed by atoms with van der Waals surface area (Å²) in [6.07, 6.45) is 6.23. The fourth-order valence-electron chi connectivity index (χ4n) is 3.80. The van der Waals surface area contributed by atoms with Gasteiger partial charge in [0.05, 0.1) is 17.6 Å². The number of nitrogens with one attached hydrogen (secondary N) is 1. The number of benzene rings is 2. The van der Waals surface area contributed by atoms with E-state index in [4.69, 9.17) is 9.72 Å². The first-order valence-corrected chi connectivity index (χ1v) is 11.1. The van der Waals surface area contributed by atoms with Crippen molar-refractivity contribution < 1.29 is 9.53 Å². The Balaban J connectivity index is 1.53. The molecule has 0 fully saturated rings. The van der Waals surface area contributed by atoms with Crippen LogP contribution in [0.3, 0.4) is 0 Å². The van der Waals surface area contributed by atoms with E-state index >= 15 is 0 Å². The third-order valence-electron chi connectivity index (χ3n) is 5.41. The molecule has 3 aromatic rings. The minimum Gasteiger partial charge on any atom is -0.493 e. The van der Waals surface area contributed by atoms with Gasteiger partial charge in [0.2, 0.25) is 5.91 Å². The summed E-state index contributed by atoms with van der Waals surface area (Å²) in [6, 6.07) is 14.6. The molecule has 0 aliphatic carbocycles. The lowest BCUT2D eigenvalue weighted by molar-refractivity contribution is -0.116. The molecule has 0 atom stereocenters. The first-order chi connectivity index (χ1) is 15.1. The topological polar surface area (TPSA) is 56.2 Å². The number of fused-ring (bicyclic) bond motifs is 1. The lowest BCUT2D eigenvalue weighted by Gasteiger charge is -2.12. The number of imidazole rings is 1. The van der Waals surface area contributed by atoms with Gasteiger partial charge in [0, 0.05) is 19.5 Å². The number of nitrogens with zero attached hydrogens (tertiary/aromatic N) is 2. The van der Waals surface area contributed by atoms with Crippen LogP contribution in [0.5, 0.6) is 5.75 Å². The van der Waals surface area contributed by atoms with Gasteiger partial charge in [-0.2, -0.15) is 0 Å². The zero-order chi connectivity index (χ0) is 22.1. The second-order valence-corrected chi connectivity index (χ2v) is 7.95. The molecule has 0 bridgehead atoms. The summed E-state index contributed by atoms with van der Waals surface area (Å²) < 4.78 is 8.35. The first-order valence-electron chi connectivity index (χ1n) is 11.1. The van der Waals surface area contributed by atoms with E-state index in [1.807, 2.05) is 6.07 Å². The highest BCUT2D eigenvalue weighted by atomic mass is 16.5. The molecule has 1 N–H and O–H groups in total. The second-order valence-electron chi connectivity index (χ2n) is 7.95. The van der Waals surface area contributed by atoms with Crippen LogP contribution in [-0.4, -0.2) is 28.6 Å². The average molecular weight is 420 g/mol. The van der Waals surface area contributed by atoms with Gasteiger partial charge >= 0.3 is 0 Å². The van der Waals surface area contributed by atoms with Crippen molar-refractivity contribution in [1.82, 2.24) is 14.9 Å². The van der Waals surface area contributed by atoms with Gasteiger partial charge in [-0.1, -0.05) is 42.8 Å². The number of amides is 1. The Morgan fingerprint density at radius 3 is 2.77 bits per heavy atom. The number of rotatable bonds is 12. The zero-order valence-corrected chi connectivity index (χ0v) is 18.7. The highest BCUT2D eigenvalue weighted by Crippen LogP contribution is 2.20. The molecule has 5 nitrogen and oxygen atoms in total. The average Bonchev–Trinajstić information content (AvgIpc) is 3.12. The summed E-state index contributed by atoms with van der Waals surface area (Å²) in [4.78, 5) is 16.1. The summed E-state index contributed by atoms with van der Waals surface area (Å²) in [7, 11) is 0. The maximum absolute atomic E-state index is 11.2. The van der Waals surface area contributed by atoms with Crippen molar-refractivity contribution in [2.24, 2.45) is 0 Å². The van der Waals surface area contributed by atoms with Crippen molar-refractivity contribution in [3.63, 3.8) is 0 Å². The summed E-state index contributed by atoms with van der Waals surface area (Å²) in [5.41, 5.74) is 4.66. The monoisotopic (exact) mass is 419 g/mol. The Kier molecular flexibility index (Phi) is 8.27. The van der Waals surface area contributed by atoms with Gasteiger partial charge in [-0.25, -0.2) is 4.98 Å². The van der Waals surface area contributed by atoms with Crippen molar-refractivity contribution in [3.8, 4) is 5.75 Å². The van der Waals surface area contributed by atoms with Crippen molar-refractivity contribution in [3.05, 3.63) is 72.1 Å². The zero-order valence-electron chi connectivity index (χ0n) is 18.7. The molecule has 0 saturated heterocycles. The van der Waals surface area contributed by atoms with Crippen molar-refractivity contribution in [1.29, 1.82) is 0 Å². The Bertz CT molecular complexity index is 1020. The van der Waals surface area contributed by atoms with Crippen LogP contribution in [0.1, 0.15) is 42.6 Å². The van der Waals surface area contributed by atoms with Crippen LogP contribution in [0.15, 0.2) is 55.1 Å². The van der Waals surface area contributed by atoms with Gasteiger partial charge in [0.1, 0.15) is 11.6 Å². The largest absolute Gasteiger partial charge is 0.493 e. The Hall–Kier alpha value is -3.08. The highest BCUT2D eigenvalue weighted by Gasteiger charge is 2.10. The highest BCUT2D eigenvalue weighted by molar-refractivity contribution is 5.86. The maximum atomic E-state index is 11.2. The first kappa shape index (κ1) is 22.6. The number of aryl methyl sites for hydroxylation is 4. The predicted molar refractivity (Wildman–Crippen MR) is 127 cm³/mol. The fourth-order valence-corrected chi connectivity index (χ4v) is 3.80. The molecular formula is C26H33N3O2. The van der Waals surface area contributed by atoms with Gasteiger partial charge in [-0.3, -0.25) is 4.79 Å². The fraction of sp³-hybridized carbons (Fsp3) is 0.385. The van der Waals surface area contributed by atoms with Crippen LogP contribution in [0, 0.1) is 13.8 Å². The van der Waals surface area contributed by atoms with Gasteiger partial charge in [0.25, 0.3) is 0 Å². The van der Waals surface area contributed by atoms with E-state index in [1.165, 1.54) is 22.7 Å². The number of aromatic nitrogens is 2. The molecule has 1 amide bonds. The van der Waals surface area contributed by atoms with E-state index < -0.39 is 0 Å². The number of carbonyl (C=O) groups is 1. The lowest BCUT2D eigenvalue weighted by Crippen LogP contribution is -2.21. The smallest absolute Gasteiger partial charge is 0.243 e. The molecule has 0 radical (unpaired) electrons. The van der Waals surface area contributed by atoms with Gasteiger partial charge < -0.3 is 14.6 Å². The molecule has 31 heavy (non-hydrogen) atoms. The molecule has 0 saturated carbocycles. The molecule has 3 rings (SSSR count). The quantitative estimate of drug-likeness (QED) is 0.327. The van der Waals surface area contributed by atoms with Crippen LogP contribution in [0.25, 0.3) is 11.0 Å². The number of ether oxygens (including phenoxy) is 1. The number of hydrogen-bond donors (Lipinski definition) is 1. The van der Waals surface area contributed by atoms with Gasteiger partial charge in [-0.15, -0.1) is 0 Å². The number of hydrogen-bond acceptors (Lipinski definition) is 3. The minimum absolute atomic E-state index is 0.107. The number of para-hydroxylation sites is 2. The van der Waals surface area contributed by atoms with E-state index in [-0.39, 0.29) is 5.91 Å². The summed E-state index contributed by atoms with van der Waals surface area (Å²) in [5.74, 6) is 1.98. The van der Waals surface area contributed by atoms with Crippen molar-refractivity contribution in [2.75, 3.05) is 13.2 Å². The Labute approximate surface area is 185 Å². The molecule has 5 heteroatoms. The SMILES string of the molecule is C=CC(=O)NCCCCCc1nc2ccccc2n1CCCOc1ccc(C)cc1C. The maximum Gasteiger partial charge on any atom is 0.243 e. The standard InChI is InChI=1S/C26H33N3O2/c1-4-26(30)27-16-9-5-6-13-25-28-22-11-7-8-12-23(22)29(25)17-10-18-31-24-15-14-20(2)19-21(24)3/h4,7-8,11-12,14-15,19H,1,5-6,9-10,13,16-18H2,2-3H3,(H,27,30). The molecular weight excluding hydrogens is 386 g/mol. The van der Waals surface area contributed by atoms with Crippen LogP contribution in [0.2, 0.25) is 0 Å². The van der Waals surface area contributed by atoms with E-state index in [1.54, 1.807) is 0 Å². The lowest BCUT2D eigenvalue weighted by atomic mass is 10.1. The normalized spacial score (nSPS) is 10.9. The minimum atomic E-state index is -0.107. The van der Waals surface area contributed by atoms with Gasteiger partial charge in [0.15, 0.2) is 0 Å². The van der Waals surface area contributed by atoms with E-state index in [9.17, 15) is 4.79 Å². The molecule has 0 unspecified atom stereocenters. The predicted octanol–water partition coefficient (Wildman–Crippen LogP) is 5.14. The molecule has 2 aromatic carbocycles. The Morgan fingerprint density at radius 1 is 1.13 bits per heavy atom. The second kappa shape index (κ2) is 11.3. The Morgan fingerprint density at radius 2 is 1.97 bits per heavy atom. The summed E-state index contributed by atoms with van der Waals surface area (Å²) in [5, 5.41) is 2.83. The van der Waals surface area contributed by atoms with E-state index in [0.29, 0.717) is 13.2 Å². The third-order valence-corrected chi connectivity index (χ3v) is 5.41. The molecule has 0 aliphatic heterocycles. The van der Waals surface area contributed by atoms with E-state index in [2.05, 4.69) is 66.7 Å². The molecule has 164 valence electrons. The summed E-state index contributed by atoms with van der Waals surface area (Å²) in [6.45, 7) is 9.91. The van der Waals surface area contributed by atoms with Crippen molar-refractivity contribution >= 4 is 16.9 Å². The van der Waals surface area contributed by atoms with Crippen LogP contribution < -0.4 is 10.1 Å². The molecule has 1 heterocycles. The summed E-state index contributed by atoms with van der Waals surface area (Å²) >= 11 is 0. The van der Waals surface area contributed by atoms with Crippen molar-refractivity contribution in [2.45, 2.75) is 52.5 Å². The van der Waals surface area contributed by atoms with Crippen LogP contribution in [-0.2, 0) is 17.8 Å². The number of unbranched alkanes of at least 4 members (excludes halogenated alkanes) is 2. The van der Waals surface area contributed by atoms with Crippen LogP contribution >= 0.6 is 0 Å². The van der Waals surface area contributed by atoms with Crippen LogP contribution in [0.4, 0.5) is 0 Å². The molecule has 0 spiro atoms. The molecule has 1 aromatic heterocycles. The van der Waals surface area contributed by atoms with Gasteiger partial charge in [-0.05, 0) is 62.9 Å².